The first-order valence-corrected chi connectivity index (χ1v) is 5.62. The number of nitrogens with one attached hydrogen (secondary N) is 1. The molecule has 0 heterocycles. The van der Waals surface area contributed by atoms with Gasteiger partial charge in [0.05, 0.1) is 11.0 Å². The van der Waals surface area contributed by atoms with E-state index in [2.05, 4.69) is 5.32 Å². The van der Waals surface area contributed by atoms with Crippen molar-refractivity contribution in [2.45, 2.75) is 32.2 Å². The Morgan fingerprint density at radius 2 is 2.18 bits per heavy atom. The van der Waals surface area contributed by atoms with Crippen LogP contribution >= 0.6 is 0 Å². The lowest BCUT2D eigenvalue weighted by atomic mass is 9.89. The van der Waals surface area contributed by atoms with E-state index in [-0.39, 0.29) is 17.6 Å². The quantitative estimate of drug-likeness (QED) is 0.636. The fourth-order valence-electron chi connectivity index (χ4n) is 2.03. The first kappa shape index (κ1) is 13.6. The van der Waals surface area contributed by atoms with Gasteiger partial charge in [-0.05, 0) is 32.5 Å². The normalized spacial score (nSPS) is 14.4. The van der Waals surface area contributed by atoms with Crippen LogP contribution in [0.4, 0.5) is 10.1 Å². The second kappa shape index (κ2) is 5.72. The highest BCUT2D eigenvalue weighted by atomic mass is 19.1. The van der Waals surface area contributed by atoms with E-state index in [9.17, 15) is 14.5 Å². The van der Waals surface area contributed by atoms with E-state index in [1.807, 2.05) is 20.9 Å². The van der Waals surface area contributed by atoms with E-state index in [1.165, 1.54) is 12.1 Å². The molecule has 0 aliphatic heterocycles. The van der Waals surface area contributed by atoms with Gasteiger partial charge in [-0.15, -0.1) is 0 Å². The first-order chi connectivity index (χ1) is 8.01. The summed E-state index contributed by atoms with van der Waals surface area (Å²) < 4.78 is 13.0. The van der Waals surface area contributed by atoms with Crippen molar-refractivity contribution >= 4 is 5.69 Å². The Hall–Kier alpha value is -1.49. The van der Waals surface area contributed by atoms with Gasteiger partial charge in [0.15, 0.2) is 0 Å². The van der Waals surface area contributed by atoms with Crippen LogP contribution in [0.2, 0.25) is 0 Å². The van der Waals surface area contributed by atoms with Crippen LogP contribution in [0.1, 0.15) is 31.7 Å². The van der Waals surface area contributed by atoms with Gasteiger partial charge >= 0.3 is 0 Å². The summed E-state index contributed by atoms with van der Waals surface area (Å²) in [5.74, 6) is -0.576. The number of halogens is 1. The third-order valence-corrected chi connectivity index (χ3v) is 3.09. The molecule has 1 aromatic carbocycles. The summed E-state index contributed by atoms with van der Waals surface area (Å²) in [5.41, 5.74) is 0.444. The second-order valence-electron chi connectivity index (χ2n) is 4.05. The van der Waals surface area contributed by atoms with Crippen LogP contribution in [0.15, 0.2) is 18.2 Å². The summed E-state index contributed by atoms with van der Waals surface area (Å²) in [6.45, 7) is 3.92. The summed E-state index contributed by atoms with van der Waals surface area (Å²) in [7, 11) is 1.81. The van der Waals surface area contributed by atoms with Crippen LogP contribution < -0.4 is 5.32 Å². The Balaban J connectivity index is 3.23. The van der Waals surface area contributed by atoms with Gasteiger partial charge in [-0.1, -0.05) is 6.92 Å². The molecule has 17 heavy (non-hydrogen) atoms. The third kappa shape index (κ3) is 3.00. The van der Waals surface area contributed by atoms with Crippen LogP contribution in [-0.4, -0.2) is 18.0 Å². The van der Waals surface area contributed by atoms with Crippen molar-refractivity contribution in [3.63, 3.8) is 0 Å². The molecule has 2 unspecified atom stereocenters. The summed E-state index contributed by atoms with van der Waals surface area (Å²) in [6.07, 6.45) is 0.758. The van der Waals surface area contributed by atoms with Crippen LogP contribution in [0.5, 0.6) is 0 Å². The Kier molecular flexibility index (Phi) is 4.57. The van der Waals surface area contributed by atoms with Gasteiger partial charge in [0, 0.05) is 17.5 Å². The summed E-state index contributed by atoms with van der Waals surface area (Å²) >= 11 is 0. The number of likely N-dealkylation sites (N-methyl/N-ethyl adjacent to an activating group) is 1. The lowest BCUT2D eigenvalue weighted by Gasteiger charge is -2.22. The highest BCUT2D eigenvalue weighted by molar-refractivity contribution is 5.43. The van der Waals surface area contributed by atoms with E-state index >= 15 is 0 Å². The highest BCUT2D eigenvalue weighted by Gasteiger charge is 2.25. The molecule has 2 atom stereocenters. The molecule has 0 bridgehead atoms. The Morgan fingerprint density at radius 1 is 1.53 bits per heavy atom. The Bertz CT molecular complexity index is 409. The molecule has 1 aromatic rings. The number of hydrogen-bond donors (Lipinski definition) is 1. The minimum Gasteiger partial charge on any atom is -0.317 e. The van der Waals surface area contributed by atoms with E-state index in [1.54, 1.807) is 0 Å². The van der Waals surface area contributed by atoms with Crippen molar-refractivity contribution in [2.75, 3.05) is 7.05 Å². The maximum absolute atomic E-state index is 13.0. The number of rotatable bonds is 5. The molecule has 0 amide bonds. The lowest BCUT2D eigenvalue weighted by Crippen LogP contribution is -2.29. The predicted molar refractivity (Wildman–Crippen MR) is 64.6 cm³/mol. The molecule has 5 heteroatoms. The lowest BCUT2D eigenvalue weighted by molar-refractivity contribution is -0.386. The number of nitro groups is 1. The average Bonchev–Trinajstić information content (AvgIpc) is 2.31. The fourth-order valence-corrected chi connectivity index (χ4v) is 2.03. The SMILES string of the molecule is CCC(c1ccc(F)cc1[N+](=O)[O-])C(C)NC. The van der Waals surface area contributed by atoms with Crippen molar-refractivity contribution in [3.8, 4) is 0 Å². The van der Waals surface area contributed by atoms with Crippen LogP contribution in [0.25, 0.3) is 0 Å². The smallest absolute Gasteiger partial charge is 0.275 e. The van der Waals surface area contributed by atoms with Gasteiger partial charge in [0.2, 0.25) is 0 Å². The van der Waals surface area contributed by atoms with Gasteiger partial charge < -0.3 is 5.32 Å². The molecule has 0 radical (unpaired) electrons. The second-order valence-corrected chi connectivity index (χ2v) is 4.05. The van der Waals surface area contributed by atoms with Gasteiger partial charge in [0.25, 0.3) is 5.69 Å². The number of hydrogen-bond acceptors (Lipinski definition) is 3. The molecule has 1 rings (SSSR count). The number of nitro benzene ring substituents is 1. The molecule has 94 valence electrons. The van der Waals surface area contributed by atoms with Gasteiger partial charge in [-0.3, -0.25) is 10.1 Å². The number of nitrogens with zero attached hydrogens (tertiary/aromatic N) is 1. The molecular formula is C12H17FN2O2. The molecule has 4 nitrogen and oxygen atoms in total. The van der Waals surface area contributed by atoms with E-state index in [0.717, 1.165) is 12.5 Å². The molecule has 0 aliphatic rings. The van der Waals surface area contributed by atoms with Crippen molar-refractivity contribution in [3.05, 3.63) is 39.7 Å². The van der Waals surface area contributed by atoms with E-state index < -0.39 is 10.7 Å². The standard InChI is InChI=1S/C12H17FN2O2/c1-4-10(8(2)14-3)11-6-5-9(13)7-12(11)15(16)17/h5-8,10,14H,4H2,1-3H3. The number of benzene rings is 1. The zero-order valence-electron chi connectivity index (χ0n) is 10.2. The fraction of sp³-hybridized carbons (Fsp3) is 0.500. The van der Waals surface area contributed by atoms with Crippen LogP contribution in [0.3, 0.4) is 0 Å². The maximum atomic E-state index is 13.0. The van der Waals surface area contributed by atoms with Gasteiger partial charge in [-0.25, -0.2) is 4.39 Å². The van der Waals surface area contributed by atoms with E-state index in [0.29, 0.717) is 5.56 Å². The Labute approximate surface area is 100.0 Å². The molecule has 1 N–H and O–H groups in total. The largest absolute Gasteiger partial charge is 0.317 e. The van der Waals surface area contributed by atoms with Crippen molar-refractivity contribution in [1.29, 1.82) is 0 Å². The minimum atomic E-state index is -0.576. The van der Waals surface area contributed by atoms with Crippen molar-refractivity contribution in [2.24, 2.45) is 0 Å². The monoisotopic (exact) mass is 240 g/mol. The van der Waals surface area contributed by atoms with Gasteiger partial charge in [0.1, 0.15) is 5.82 Å². The molecule has 0 saturated carbocycles. The van der Waals surface area contributed by atoms with Crippen molar-refractivity contribution in [1.82, 2.24) is 5.32 Å². The van der Waals surface area contributed by atoms with Crippen LogP contribution in [0, 0.1) is 15.9 Å². The summed E-state index contributed by atoms with van der Waals surface area (Å²) in [4.78, 5) is 10.4. The van der Waals surface area contributed by atoms with Crippen LogP contribution in [-0.2, 0) is 0 Å². The van der Waals surface area contributed by atoms with Crippen molar-refractivity contribution < 1.29 is 9.31 Å². The maximum Gasteiger partial charge on any atom is 0.275 e. The zero-order chi connectivity index (χ0) is 13.0. The molecule has 0 spiro atoms. The third-order valence-electron chi connectivity index (χ3n) is 3.09. The summed E-state index contributed by atoms with van der Waals surface area (Å²) in [6, 6.07) is 3.87. The summed E-state index contributed by atoms with van der Waals surface area (Å²) in [5, 5.41) is 14.0. The first-order valence-electron chi connectivity index (χ1n) is 5.62. The van der Waals surface area contributed by atoms with E-state index in [4.69, 9.17) is 0 Å². The predicted octanol–water partition coefficient (Wildman–Crippen LogP) is 2.84. The molecule has 0 saturated heterocycles. The molecule has 0 aliphatic carbocycles. The van der Waals surface area contributed by atoms with Gasteiger partial charge in [-0.2, -0.15) is 0 Å². The topological polar surface area (TPSA) is 55.2 Å². The zero-order valence-corrected chi connectivity index (χ0v) is 10.2. The average molecular weight is 240 g/mol. The molecular weight excluding hydrogens is 223 g/mol. The minimum absolute atomic E-state index is 0.000926. The molecule has 0 aromatic heterocycles. The molecule has 0 fully saturated rings. The highest BCUT2D eigenvalue weighted by Crippen LogP contribution is 2.31. The Morgan fingerprint density at radius 3 is 2.65 bits per heavy atom.